The third-order valence-electron chi connectivity index (χ3n) is 9.41. The third kappa shape index (κ3) is 13.2. The van der Waals surface area contributed by atoms with Gasteiger partial charge in [-0.3, -0.25) is 9.59 Å². The van der Waals surface area contributed by atoms with E-state index < -0.39 is 0 Å². The normalized spacial score (nSPS) is 20.8. The first-order valence-electron chi connectivity index (χ1n) is 17.2. The van der Waals surface area contributed by atoms with Crippen LogP contribution in [0.5, 0.6) is 0 Å². The first-order valence-corrected chi connectivity index (χ1v) is 17.2. The van der Waals surface area contributed by atoms with Gasteiger partial charge < -0.3 is 19.7 Å². The van der Waals surface area contributed by atoms with Crippen molar-refractivity contribution in [2.75, 3.05) is 27.2 Å². The molecule has 5 rings (SSSR count). The summed E-state index contributed by atoms with van der Waals surface area (Å²) in [7, 11) is 3.93. The maximum Gasteiger partial charge on any atom is 0.254 e. The number of nitrogens with zero attached hydrogens (tertiary/aromatic N) is 2. The summed E-state index contributed by atoms with van der Waals surface area (Å²) < 4.78 is 0. The van der Waals surface area contributed by atoms with Crippen LogP contribution in [0.3, 0.4) is 0 Å². The van der Waals surface area contributed by atoms with E-state index in [0.29, 0.717) is 12.1 Å². The molecule has 0 radical (unpaired) electrons. The molecule has 0 bridgehead atoms. The molecular formula is C37H64N2O4. The number of aldehydes is 1. The predicted molar refractivity (Wildman–Crippen MR) is 180 cm³/mol. The molecule has 2 saturated carbocycles. The zero-order valence-corrected chi connectivity index (χ0v) is 28.9. The van der Waals surface area contributed by atoms with Gasteiger partial charge in [-0.15, -0.1) is 0 Å². The molecule has 6 heteroatoms. The fraction of sp³-hybridized carbons (Fsp3) is 0.757. The molecule has 2 heterocycles. The van der Waals surface area contributed by atoms with E-state index in [9.17, 15) is 19.5 Å². The lowest BCUT2D eigenvalue weighted by atomic mass is 9.76. The van der Waals surface area contributed by atoms with Crippen molar-refractivity contribution in [2.24, 2.45) is 17.3 Å². The van der Waals surface area contributed by atoms with Crippen LogP contribution in [0.15, 0.2) is 18.2 Å². The van der Waals surface area contributed by atoms with Gasteiger partial charge in [0.2, 0.25) is 0 Å². The monoisotopic (exact) mass is 600 g/mol. The van der Waals surface area contributed by atoms with Gasteiger partial charge in [-0.2, -0.15) is 0 Å². The summed E-state index contributed by atoms with van der Waals surface area (Å²) in [5.41, 5.74) is 2.63. The standard InChI is InChI=1S/C11H11NO2.C10H19NO.C9H16O.C5H12.C2H6/c1-7(13)8-3-4-10-9(5-8)6-12(2)11(10)14;1-11-7-4-9(12)10(8-11)5-2-3-6-10;10-8-4-7-9-5-2-1-3-6-9;1-4-5(2)3;1-2/h3-5H,6H2,1-2H3;9,12H,2-8H2,1H3;8-9H,1-7H2;5H,4H2,1-3H3;1-2H3. The van der Waals surface area contributed by atoms with Crippen LogP contribution in [0.2, 0.25) is 0 Å². The molecule has 1 spiro atoms. The molecule has 3 fully saturated rings. The maximum absolute atomic E-state index is 11.5. The fourth-order valence-electron chi connectivity index (χ4n) is 6.41. The minimum Gasteiger partial charge on any atom is -0.392 e. The second-order valence-corrected chi connectivity index (χ2v) is 13.3. The Hall–Kier alpha value is -2.05. The van der Waals surface area contributed by atoms with Gasteiger partial charge in [0.05, 0.1) is 6.10 Å². The molecule has 4 aliphatic rings. The number of aliphatic hydroxyl groups is 1. The number of piperidine rings is 1. The largest absolute Gasteiger partial charge is 0.392 e. The Bertz CT molecular complexity index is 948. The van der Waals surface area contributed by atoms with Crippen molar-refractivity contribution in [3.8, 4) is 0 Å². The van der Waals surface area contributed by atoms with E-state index in [-0.39, 0.29) is 23.2 Å². The van der Waals surface area contributed by atoms with E-state index in [1.807, 2.05) is 13.8 Å². The number of aliphatic hydroxyl groups excluding tert-OH is 1. The van der Waals surface area contributed by atoms with Crippen LogP contribution in [0, 0.1) is 17.3 Å². The van der Waals surface area contributed by atoms with Gasteiger partial charge in [0, 0.05) is 49.6 Å². The number of likely N-dealkylation sites (tertiary alicyclic amines) is 1. The maximum atomic E-state index is 11.5. The number of benzene rings is 1. The number of ketones is 1. The lowest BCUT2D eigenvalue weighted by Gasteiger charge is -2.42. The van der Waals surface area contributed by atoms with Gasteiger partial charge in [0.25, 0.3) is 5.91 Å². The highest BCUT2D eigenvalue weighted by atomic mass is 16.3. The van der Waals surface area contributed by atoms with E-state index in [0.717, 1.165) is 61.6 Å². The summed E-state index contributed by atoms with van der Waals surface area (Å²) >= 11 is 0. The fourth-order valence-corrected chi connectivity index (χ4v) is 6.41. The number of carbonyl (C=O) groups is 3. The van der Waals surface area contributed by atoms with Gasteiger partial charge in [-0.05, 0) is 69.2 Å². The number of fused-ring (bicyclic) bond motifs is 1. The van der Waals surface area contributed by atoms with Gasteiger partial charge in [0.1, 0.15) is 6.29 Å². The topological polar surface area (TPSA) is 77.9 Å². The van der Waals surface area contributed by atoms with Crippen molar-refractivity contribution < 1.29 is 19.5 Å². The zero-order chi connectivity index (χ0) is 32.4. The molecule has 1 aromatic rings. The Morgan fingerprint density at radius 1 is 1.05 bits per heavy atom. The number of hydrogen-bond acceptors (Lipinski definition) is 5. The van der Waals surface area contributed by atoms with Crippen LogP contribution in [-0.2, 0) is 11.3 Å². The summed E-state index contributed by atoms with van der Waals surface area (Å²) in [4.78, 5) is 36.7. The van der Waals surface area contributed by atoms with Gasteiger partial charge in [-0.1, -0.05) is 92.1 Å². The van der Waals surface area contributed by atoms with Crippen molar-refractivity contribution in [2.45, 2.75) is 138 Å². The first kappa shape index (κ1) is 39.0. The highest BCUT2D eigenvalue weighted by Crippen LogP contribution is 2.44. The molecule has 1 unspecified atom stereocenters. The van der Waals surface area contributed by atoms with Gasteiger partial charge in [0.15, 0.2) is 5.78 Å². The summed E-state index contributed by atoms with van der Waals surface area (Å²) in [5.74, 6) is 1.83. The first-order chi connectivity index (χ1) is 20.5. The SMILES string of the molecule is CC.CC(=O)c1ccc2c(c1)CN(C)C2=O.CCC(C)C.CN1CCC(O)C2(CCCC2)C1.O=CCCC1CCCCC1. The van der Waals surface area contributed by atoms with Crippen LogP contribution < -0.4 is 0 Å². The number of carbonyl (C=O) groups excluding carboxylic acids is 3. The molecule has 2 aliphatic heterocycles. The molecule has 6 nitrogen and oxygen atoms in total. The average molecular weight is 601 g/mol. The molecule has 246 valence electrons. The van der Waals surface area contributed by atoms with E-state index in [1.54, 1.807) is 30.1 Å². The molecule has 1 aromatic carbocycles. The van der Waals surface area contributed by atoms with E-state index in [4.69, 9.17) is 0 Å². The molecular weight excluding hydrogens is 536 g/mol. The van der Waals surface area contributed by atoms with E-state index in [2.05, 4.69) is 32.7 Å². The minimum absolute atomic E-state index is 0.0174. The van der Waals surface area contributed by atoms with E-state index >= 15 is 0 Å². The lowest BCUT2D eigenvalue weighted by molar-refractivity contribution is -0.108. The van der Waals surface area contributed by atoms with Crippen molar-refractivity contribution in [3.63, 3.8) is 0 Å². The number of hydrogen-bond donors (Lipinski definition) is 1. The summed E-state index contributed by atoms with van der Waals surface area (Å²) in [6.45, 7) is 15.0. The van der Waals surface area contributed by atoms with Crippen LogP contribution >= 0.6 is 0 Å². The Morgan fingerprint density at radius 3 is 2.19 bits per heavy atom. The highest BCUT2D eigenvalue weighted by Gasteiger charge is 2.43. The smallest absolute Gasteiger partial charge is 0.254 e. The van der Waals surface area contributed by atoms with Crippen LogP contribution in [-0.4, -0.2) is 66.2 Å². The van der Waals surface area contributed by atoms with Gasteiger partial charge in [-0.25, -0.2) is 0 Å². The zero-order valence-electron chi connectivity index (χ0n) is 28.9. The molecule has 1 saturated heterocycles. The Morgan fingerprint density at radius 2 is 1.65 bits per heavy atom. The van der Waals surface area contributed by atoms with Crippen molar-refractivity contribution in [1.82, 2.24) is 9.80 Å². The molecule has 0 aromatic heterocycles. The minimum atomic E-state index is -0.0174. The van der Waals surface area contributed by atoms with Crippen molar-refractivity contribution in [3.05, 3.63) is 34.9 Å². The highest BCUT2D eigenvalue weighted by molar-refractivity contribution is 6.00. The van der Waals surface area contributed by atoms with Crippen LogP contribution in [0.1, 0.15) is 151 Å². The number of amides is 1. The Kier molecular flexibility index (Phi) is 18.9. The lowest BCUT2D eigenvalue weighted by Crippen LogP contribution is -2.48. The molecule has 1 N–H and O–H groups in total. The summed E-state index contributed by atoms with van der Waals surface area (Å²) in [5, 5.41) is 9.95. The third-order valence-corrected chi connectivity index (χ3v) is 9.41. The van der Waals surface area contributed by atoms with Gasteiger partial charge >= 0.3 is 0 Å². The number of Topliss-reactive ketones (excluding diaryl/α,β-unsaturated/α-hetero) is 1. The Balaban J connectivity index is 0.000000294. The van der Waals surface area contributed by atoms with E-state index in [1.165, 1.54) is 71.1 Å². The summed E-state index contributed by atoms with van der Waals surface area (Å²) in [6.07, 6.45) is 17.3. The molecule has 1 amide bonds. The van der Waals surface area contributed by atoms with Crippen molar-refractivity contribution in [1.29, 1.82) is 0 Å². The molecule has 43 heavy (non-hydrogen) atoms. The molecule has 2 aliphatic carbocycles. The Labute approximate surface area is 264 Å². The quantitative estimate of drug-likeness (QED) is 0.271. The second-order valence-electron chi connectivity index (χ2n) is 13.3. The van der Waals surface area contributed by atoms with Crippen molar-refractivity contribution >= 4 is 18.0 Å². The average Bonchev–Trinajstić information content (AvgIpc) is 3.60. The predicted octanol–water partition coefficient (Wildman–Crippen LogP) is 8.34. The van der Waals surface area contributed by atoms with Crippen LogP contribution in [0.25, 0.3) is 0 Å². The van der Waals surface area contributed by atoms with Crippen LogP contribution in [0.4, 0.5) is 0 Å². The number of rotatable bonds is 5. The summed E-state index contributed by atoms with van der Waals surface area (Å²) in [6, 6.07) is 5.25. The molecule has 1 atom stereocenters. The second kappa shape index (κ2) is 20.8.